The van der Waals surface area contributed by atoms with Gasteiger partial charge < -0.3 is 4.74 Å². The Labute approximate surface area is 154 Å². The van der Waals surface area contributed by atoms with Crippen molar-refractivity contribution in [3.63, 3.8) is 0 Å². The number of hydrogen-bond donors (Lipinski definition) is 0. The van der Waals surface area contributed by atoms with E-state index in [9.17, 15) is 26.4 Å². The molecule has 4 nitrogen and oxygen atoms in total. The summed E-state index contributed by atoms with van der Waals surface area (Å²) in [6.45, 7) is 3.19. The fourth-order valence-electron chi connectivity index (χ4n) is 2.80. The van der Waals surface area contributed by atoms with Gasteiger partial charge >= 0.3 is 12.1 Å². The zero-order chi connectivity index (χ0) is 19.8. The smallest absolute Gasteiger partial charge is 0.426 e. The zero-order valence-corrected chi connectivity index (χ0v) is 15.7. The van der Waals surface area contributed by atoms with Crippen LogP contribution in [-0.4, -0.2) is 26.5 Å². The topological polar surface area (TPSA) is 60.4 Å². The number of carbonyl (C=O) groups excluding carboxylic acids is 1. The highest BCUT2D eigenvalue weighted by atomic mass is 35.5. The number of sulfone groups is 1. The molecule has 2 unspecified atom stereocenters. The molecule has 1 saturated carbocycles. The molecule has 0 spiro atoms. The monoisotopic (exact) mass is 410 g/mol. The molecule has 0 aliphatic heterocycles. The number of ether oxygens (including phenoxy) is 1. The Hall–Kier alpha value is -1.54. The van der Waals surface area contributed by atoms with E-state index < -0.39 is 50.2 Å². The van der Waals surface area contributed by atoms with Crippen LogP contribution in [0.4, 0.5) is 13.2 Å². The Morgan fingerprint density at radius 1 is 1.27 bits per heavy atom. The third-order valence-electron chi connectivity index (χ3n) is 4.37. The first-order valence-electron chi connectivity index (χ1n) is 7.70. The number of rotatable bonds is 6. The number of benzene rings is 1. The molecule has 0 radical (unpaired) electrons. The Bertz CT molecular complexity index is 801. The molecule has 0 N–H and O–H groups in total. The Morgan fingerprint density at radius 3 is 2.38 bits per heavy atom. The number of allylic oxidation sites excluding steroid dienone is 2. The van der Waals surface area contributed by atoms with Crippen molar-refractivity contribution in [3.8, 4) is 0 Å². The molecular formula is C17H18ClF3O4S. The summed E-state index contributed by atoms with van der Waals surface area (Å²) in [6.07, 6.45) is -3.90. The number of hydrogen-bond acceptors (Lipinski definition) is 4. The summed E-state index contributed by atoms with van der Waals surface area (Å²) >= 11 is 5.22. The summed E-state index contributed by atoms with van der Waals surface area (Å²) in [7, 11) is -3.70. The molecule has 0 saturated heterocycles. The number of alkyl halides is 3. The Morgan fingerprint density at radius 2 is 1.85 bits per heavy atom. The van der Waals surface area contributed by atoms with Crippen molar-refractivity contribution in [3.05, 3.63) is 47.0 Å². The van der Waals surface area contributed by atoms with Gasteiger partial charge in [-0.05, 0) is 16.9 Å². The molecule has 0 heterocycles. The van der Waals surface area contributed by atoms with E-state index in [1.54, 1.807) is 44.2 Å². The van der Waals surface area contributed by atoms with Gasteiger partial charge in [-0.3, -0.25) is 4.79 Å². The standard InChI is InChI=1S/C17H18ClF3O4S/c1-16(2)12(8-13(18)17(19,20)21)14(16)15(22)25-10-26(23,24)9-11-6-4-3-5-7-11/h3-8,12,14H,9-10H2,1-2H3/b13-8-. The predicted molar refractivity (Wildman–Crippen MR) is 90.8 cm³/mol. The highest BCUT2D eigenvalue weighted by molar-refractivity contribution is 7.90. The zero-order valence-electron chi connectivity index (χ0n) is 14.1. The molecule has 2 rings (SSSR count). The minimum Gasteiger partial charge on any atom is -0.449 e. The SMILES string of the molecule is CC1(C)C(/C=C(\Cl)C(F)(F)F)C1C(=O)OCS(=O)(=O)Cc1ccccc1. The average molecular weight is 411 g/mol. The van der Waals surface area contributed by atoms with Crippen molar-refractivity contribution < 1.29 is 31.1 Å². The summed E-state index contributed by atoms with van der Waals surface area (Å²) in [5, 5.41) is -1.30. The molecule has 0 bridgehead atoms. The van der Waals surface area contributed by atoms with Gasteiger partial charge in [0.25, 0.3) is 0 Å². The molecule has 26 heavy (non-hydrogen) atoms. The molecule has 2 atom stereocenters. The van der Waals surface area contributed by atoms with Crippen LogP contribution in [0, 0.1) is 17.3 Å². The summed E-state index contributed by atoms with van der Waals surface area (Å²) in [4.78, 5) is 12.1. The molecular weight excluding hydrogens is 393 g/mol. The Kier molecular flexibility index (Phi) is 5.77. The van der Waals surface area contributed by atoms with Crippen molar-refractivity contribution in [2.45, 2.75) is 25.8 Å². The molecule has 0 aromatic heterocycles. The fraction of sp³-hybridized carbons (Fsp3) is 0.471. The highest BCUT2D eigenvalue weighted by Gasteiger charge is 2.62. The largest absolute Gasteiger partial charge is 0.449 e. The molecule has 1 aromatic rings. The van der Waals surface area contributed by atoms with E-state index in [0.29, 0.717) is 5.56 Å². The van der Waals surface area contributed by atoms with Crippen LogP contribution in [-0.2, 0) is 25.1 Å². The van der Waals surface area contributed by atoms with E-state index in [-0.39, 0.29) is 5.75 Å². The molecule has 1 aliphatic rings. The second-order valence-electron chi connectivity index (χ2n) is 6.79. The van der Waals surface area contributed by atoms with Gasteiger partial charge in [0, 0.05) is 0 Å². The quantitative estimate of drug-likeness (QED) is 0.663. The highest BCUT2D eigenvalue weighted by Crippen LogP contribution is 2.60. The van der Waals surface area contributed by atoms with E-state index >= 15 is 0 Å². The lowest BCUT2D eigenvalue weighted by molar-refractivity contribution is -0.144. The number of carbonyl (C=O) groups is 1. The number of esters is 1. The lowest BCUT2D eigenvalue weighted by Gasteiger charge is -2.07. The van der Waals surface area contributed by atoms with Crippen LogP contribution in [0.15, 0.2) is 41.4 Å². The predicted octanol–water partition coefficient (Wildman–Crippen LogP) is 4.06. The van der Waals surface area contributed by atoms with Gasteiger partial charge in [-0.15, -0.1) is 0 Å². The first-order valence-corrected chi connectivity index (χ1v) is 9.90. The van der Waals surface area contributed by atoms with E-state index in [4.69, 9.17) is 16.3 Å². The lowest BCUT2D eigenvalue weighted by Crippen LogP contribution is -2.18. The van der Waals surface area contributed by atoms with E-state index in [0.717, 1.165) is 6.08 Å². The molecule has 0 amide bonds. The van der Waals surface area contributed by atoms with Gasteiger partial charge in [-0.25, -0.2) is 8.42 Å². The third kappa shape index (κ3) is 5.01. The van der Waals surface area contributed by atoms with Crippen molar-refractivity contribution in [1.29, 1.82) is 0 Å². The molecule has 144 valence electrons. The van der Waals surface area contributed by atoms with Crippen LogP contribution >= 0.6 is 11.6 Å². The van der Waals surface area contributed by atoms with Crippen LogP contribution in [0.5, 0.6) is 0 Å². The number of halogens is 4. The van der Waals surface area contributed by atoms with Gasteiger partial charge in [-0.2, -0.15) is 13.2 Å². The lowest BCUT2D eigenvalue weighted by atomic mass is 10.1. The summed E-state index contributed by atoms with van der Waals surface area (Å²) in [5.74, 6) is -3.60. The van der Waals surface area contributed by atoms with E-state index in [2.05, 4.69) is 0 Å². The van der Waals surface area contributed by atoms with Gasteiger partial charge in [-0.1, -0.05) is 61.9 Å². The summed E-state index contributed by atoms with van der Waals surface area (Å²) in [6, 6.07) is 8.37. The van der Waals surface area contributed by atoms with E-state index in [1.807, 2.05) is 0 Å². The van der Waals surface area contributed by atoms with Gasteiger partial charge in [0.05, 0.1) is 11.7 Å². The maximum Gasteiger partial charge on any atom is 0.426 e. The van der Waals surface area contributed by atoms with Gasteiger partial charge in [0.2, 0.25) is 0 Å². The fourth-order valence-corrected chi connectivity index (χ4v) is 4.01. The van der Waals surface area contributed by atoms with Crippen molar-refractivity contribution in [2.75, 3.05) is 5.94 Å². The van der Waals surface area contributed by atoms with Crippen LogP contribution in [0.25, 0.3) is 0 Å². The van der Waals surface area contributed by atoms with Crippen LogP contribution in [0.1, 0.15) is 19.4 Å². The molecule has 1 fully saturated rings. The van der Waals surface area contributed by atoms with Crippen LogP contribution in [0.3, 0.4) is 0 Å². The molecule has 1 aromatic carbocycles. The molecule has 1 aliphatic carbocycles. The second-order valence-corrected chi connectivity index (χ2v) is 9.21. The average Bonchev–Trinajstić information content (AvgIpc) is 3.05. The second kappa shape index (κ2) is 7.23. The Balaban J connectivity index is 1.98. The minimum atomic E-state index is -4.69. The van der Waals surface area contributed by atoms with Crippen molar-refractivity contribution >= 4 is 27.4 Å². The van der Waals surface area contributed by atoms with Crippen molar-refractivity contribution in [2.24, 2.45) is 17.3 Å². The van der Waals surface area contributed by atoms with Crippen molar-refractivity contribution in [1.82, 2.24) is 0 Å². The van der Waals surface area contributed by atoms with E-state index in [1.165, 1.54) is 0 Å². The maximum absolute atomic E-state index is 12.5. The van der Waals surface area contributed by atoms with Crippen LogP contribution in [0.2, 0.25) is 0 Å². The molecule has 9 heteroatoms. The normalized spacial score (nSPS) is 22.8. The first-order chi connectivity index (χ1) is 11.8. The summed E-state index contributed by atoms with van der Waals surface area (Å²) < 4.78 is 66.5. The minimum absolute atomic E-state index is 0.293. The third-order valence-corrected chi connectivity index (χ3v) is 5.96. The van der Waals surface area contributed by atoms with Crippen LogP contribution < -0.4 is 0 Å². The maximum atomic E-state index is 12.5. The van der Waals surface area contributed by atoms with Gasteiger partial charge in [0.15, 0.2) is 15.8 Å². The van der Waals surface area contributed by atoms with Gasteiger partial charge in [0.1, 0.15) is 5.03 Å². The summed E-state index contributed by atoms with van der Waals surface area (Å²) in [5.41, 5.74) is -0.237. The first kappa shape index (κ1) is 20.8.